The maximum Gasteiger partial charge on any atom is 0.244 e. The predicted octanol–water partition coefficient (Wildman–Crippen LogP) is 0.126. The third kappa shape index (κ3) is 6.00. The number of aromatic nitrogens is 2. The van der Waals surface area contributed by atoms with Crippen molar-refractivity contribution < 1.29 is 23.7 Å². The van der Waals surface area contributed by atoms with Crippen LogP contribution in [0.3, 0.4) is 0 Å². The number of nitrogens with zero attached hydrogens (tertiary/aromatic N) is 2. The van der Waals surface area contributed by atoms with Crippen LogP contribution in [0.15, 0.2) is 6.33 Å². The highest BCUT2D eigenvalue weighted by atomic mass is 16.6. The van der Waals surface area contributed by atoms with E-state index in [1.807, 2.05) is 0 Å². The van der Waals surface area contributed by atoms with E-state index in [1.165, 1.54) is 13.4 Å². The Morgan fingerprint density at radius 1 is 0.900 bits per heavy atom. The summed E-state index contributed by atoms with van der Waals surface area (Å²) in [4.78, 5) is 7.78. The van der Waals surface area contributed by atoms with Crippen molar-refractivity contribution in [3.8, 4) is 11.8 Å². The molecule has 0 atom stereocenters. The molecule has 0 spiro atoms. The first-order valence-corrected chi connectivity index (χ1v) is 6.21. The molecular weight excluding hydrogens is 266 g/mol. The third-order valence-electron chi connectivity index (χ3n) is 2.27. The molecule has 0 saturated heterocycles. The number of ether oxygens (including phenoxy) is 5. The quantitative estimate of drug-likeness (QED) is 0.573. The van der Waals surface area contributed by atoms with Crippen molar-refractivity contribution in [1.29, 1.82) is 0 Å². The highest BCUT2D eigenvalue weighted by molar-refractivity contribution is 5.55. The summed E-state index contributed by atoms with van der Waals surface area (Å²) in [6, 6.07) is 0. The summed E-state index contributed by atoms with van der Waals surface area (Å²) in [5, 5.41) is 0. The molecule has 8 nitrogen and oxygen atoms in total. The number of hydrogen-bond acceptors (Lipinski definition) is 8. The lowest BCUT2D eigenvalue weighted by Crippen LogP contribution is -2.13. The van der Waals surface area contributed by atoms with E-state index in [0.29, 0.717) is 45.5 Å². The van der Waals surface area contributed by atoms with Gasteiger partial charge in [-0.2, -0.15) is 9.97 Å². The fourth-order valence-corrected chi connectivity index (χ4v) is 1.30. The Balaban J connectivity index is 2.09. The molecule has 1 aromatic rings. The summed E-state index contributed by atoms with van der Waals surface area (Å²) >= 11 is 0. The Bertz CT molecular complexity index is 378. The molecule has 0 amide bonds. The fraction of sp³-hybridized carbons (Fsp3) is 0.667. The van der Waals surface area contributed by atoms with Crippen LogP contribution in [0.2, 0.25) is 0 Å². The Kier molecular flexibility index (Phi) is 8.36. The van der Waals surface area contributed by atoms with Crippen molar-refractivity contribution in [3.05, 3.63) is 6.33 Å². The van der Waals surface area contributed by atoms with Gasteiger partial charge in [-0.15, -0.1) is 0 Å². The number of methoxy groups -OCH3 is 2. The van der Waals surface area contributed by atoms with Crippen molar-refractivity contribution in [3.63, 3.8) is 0 Å². The van der Waals surface area contributed by atoms with E-state index >= 15 is 0 Å². The van der Waals surface area contributed by atoms with Crippen molar-refractivity contribution >= 4 is 5.69 Å². The molecule has 0 aliphatic rings. The van der Waals surface area contributed by atoms with Gasteiger partial charge in [0.1, 0.15) is 12.9 Å². The summed E-state index contributed by atoms with van der Waals surface area (Å²) in [6.07, 6.45) is 1.33. The van der Waals surface area contributed by atoms with E-state index in [-0.39, 0.29) is 11.6 Å². The number of nitrogen functional groups attached to an aromatic ring is 1. The summed E-state index contributed by atoms with van der Waals surface area (Å²) in [5.41, 5.74) is 6.03. The highest BCUT2D eigenvalue weighted by Gasteiger charge is 2.08. The molecule has 0 fully saturated rings. The van der Waals surface area contributed by atoms with Crippen molar-refractivity contribution in [2.75, 3.05) is 59.6 Å². The number of hydrogen-bond donors (Lipinski definition) is 1. The predicted molar refractivity (Wildman–Crippen MR) is 72.0 cm³/mol. The molecule has 20 heavy (non-hydrogen) atoms. The second-order valence-electron chi connectivity index (χ2n) is 3.67. The van der Waals surface area contributed by atoms with Gasteiger partial charge in [0.25, 0.3) is 0 Å². The topological polar surface area (TPSA) is 98.0 Å². The normalized spacial score (nSPS) is 10.5. The van der Waals surface area contributed by atoms with Gasteiger partial charge in [-0.1, -0.05) is 0 Å². The van der Waals surface area contributed by atoms with Gasteiger partial charge in [0.05, 0.1) is 40.1 Å². The van der Waals surface area contributed by atoms with Gasteiger partial charge >= 0.3 is 0 Å². The monoisotopic (exact) mass is 287 g/mol. The molecule has 1 aromatic heterocycles. The number of nitrogens with two attached hydrogens (primary N) is 1. The largest absolute Gasteiger partial charge is 0.479 e. The molecule has 0 bridgehead atoms. The molecule has 0 saturated carbocycles. The number of rotatable bonds is 11. The standard InChI is InChI=1S/C12H21N3O5/c1-16-3-4-18-5-6-19-7-8-20-12-10(13)11(17-2)14-9-15-12/h9H,3-8,13H2,1-2H3. The van der Waals surface area contributed by atoms with E-state index < -0.39 is 0 Å². The summed E-state index contributed by atoms with van der Waals surface area (Å²) in [6.45, 7) is 2.91. The lowest BCUT2D eigenvalue weighted by molar-refractivity contribution is 0.0177. The third-order valence-corrected chi connectivity index (χ3v) is 2.27. The van der Waals surface area contributed by atoms with Gasteiger partial charge in [0.2, 0.25) is 11.8 Å². The Morgan fingerprint density at radius 3 is 2.15 bits per heavy atom. The van der Waals surface area contributed by atoms with Crippen molar-refractivity contribution in [2.24, 2.45) is 0 Å². The van der Waals surface area contributed by atoms with Crippen molar-refractivity contribution in [1.82, 2.24) is 9.97 Å². The first-order chi connectivity index (χ1) is 9.79. The van der Waals surface area contributed by atoms with Gasteiger partial charge in [-0.05, 0) is 0 Å². The van der Waals surface area contributed by atoms with Crippen LogP contribution >= 0.6 is 0 Å². The van der Waals surface area contributed by atoms with Gasteiger partial charge in [-0.25, -0.2) is 0 Å². The Hall–Kier alpha value is -1.64. The zero-order chi connectivity index (χ0) is 14.6. The average molecular weight is 287 g/mol. The van der Waals surface area contributed by atoms with Crippen LogP contribution < -0.4 is 15.2 Å². The maximum atomic E-state index is 5.76. The summed E-state index contributed by atoms with van der Waals surface area (Å²) in [5.74, 6) is 0.583. The van der Waals surface area contributed by atoms with Crippen molar-refractivity contribution in [2.45, 2.75) is 0 Å². The van der Waals surface area contributed by atoms with E-state index in [4.69, 9.17) is 29.4 Å². The highest BCUT2D eigenvalue weighted by Crippen LogP contribution is 2.25. The van der Waals surface area contributed by atoms with Crippen LogP contribution in [0.5, 0.6) is 11.8 Å². The molecule has 0 aliphatic heterocycles. The molecule has 2 N–H and O–H groups in total. The first-order valence-electron chi connectivity index (χ1n) is 6.21. The molecule has 0 aromatic carbocycles. The fourth-order valence-electron chi connectivity index (χ4n) is 1.30. The van der Waals surface area contributed by atoms with Crippen LogP contribution in [0, 0.1) is 0 Å². The average Bonchev–Trinajstić information content (AvgIpc) is 2.47. The second-order valence-corrected chi connectivity index (χ2v) is 3.67. The van der Waals surface area contributed by atoms with Gasteiger partial charge in [-0.3, -0.25) is 0 Å². The Morgan fingerprint density at radius 2 is 1.50 bits per heavy atom. The molecule has 114 valence electrons. The molecule has 0 unspecified atom stereocenters. The van der Waals surface area contributed by atoms with E-state index in [2.05, 4.69) is 9.97 Å². The molecule has 0 radical (unpaired) electrons. The minimum atomic E-state index is 0.276. The molecule has 8 heteroatoms. The lowest BCUT2D eigenvalue weighted by atomic mass is 10.5. The van der Waals surface area contributed by atoms with Crippen LogP contribution in [0.4, 0.5) is 5.69 Å². The molecular formula is C12H21N3O5. The molecule has 1 heterocycles. The minimum Gasteiger partial charge on any atom is -0.479 e. The Labute approximate surface area is 118 Å². The lowest BCUT2D eigenvalue weighted by Gasteiger charge is -2.09. The smallest absolute Gasteiger partial charge is 0.244 e. The van der Waals surface area contributed by atoms with E-state index in [0.717, 1.165) is 0 Å². The van der Waals surface area contributed by atoms with E-state index in [1.54, 1.807) is 7.11 Å². The molecule has 0 aliphatic carbocycles. The summed E-state index contributed by atoms with van der Waals surface area (Å²) in [7, 11) is 3.11. The zero-order valence-electron chi connectivity index (χ0n) is 11.8. The SMILES string of the molecule is COCCOCCOCCOc1ncnc(OC)c1N. The van der Waals surface area contributed by atoms with Crippen LogP contribution in [-0.4, -0.2) is 63.8 Å². The van der Waals surface area contributed by atoms with E-state index in [9.17, 15) is 0 Å². The minimum absolute atomic E-state index is 0.276. The number of anilines is 1. The zero-order valence-corrected chi connectivity index (χ0v) is 11.8. The summed E-state index contributed by atoms with van der Waals surface area (Å²) < 4.78 is 25.8. The molecule has 1 rings (SSSR count). The van der Waals surface area contributed by atoms with Gasteiger partial charge in [0, 0.05) is 7.11 Å². The van der Waals surface area contributed by atoms with Crippen LogP contribution in [0.25, 0.3) is 0 Å². The van der Waals surface area contributed by atoms with Crippen LogP contribution in [-0.2, 0) is 14.2 Å². The first kappa shape index (κ1) is 16.4. The van der Waals surface area contributed by atoms with Gasteiger partial charge < -0.3 is 29.4 Å². The van der Waals surface area contributed by atoms with Crippen LogP contribution in [0.1, 0.15) is 0 Å². The second kappa shape index (κ2) is 10.2. The van der Waals surface area contributed by atoms with Gasteiger partial charge in [0.15, 0.2) is 5.69 Å². The maximum absolute atomic E-state index is 5.76.